The van der Waals surface area contributed by atoms with E-state index >= 15 is 0 Å². The molecule has 0 saturated heterocycles. The van der Waals surface area contributed by atoms with Crippen LogP contribution >= 0.6 is 11.3 Å². The Labute approximate surface area is 202 Å². The molecule has 3 aromatic rings. The van der Waals surface area contributed by atoms with Gasteiger partial charge in [0.25, 0.3) is 10.0 Å². The molecular weight excluding hydrogens is 479 g/mol. The average Bonchev–Trinajstić information content (AvgIpc) is 3.33. The zero-order valence-electron chi connectivity index (χ0n) is 18.9. The second-order valence-electron chi connectivity index (χ2n) is 8.48. The molecule has 7 nitrogen and oxygen atoms in total. The molecule has 1 amide bonds. The van der Waals surface area contributed by atoms with Gasteiger partial charge in [0.05, 0.1) is 18.8 Å². The Bertz CT molecular complexity index is 1290. The SMILES string of the molecule is COc1ccc2c(c1)C(NC(=O)CN(c1ccccc1F)S(=O)(=O)c1cccs1)CC(C)(C)O2. The van der Waals surface area contributed by atoms with Crippen molar-refractivity contribution in [2.75, 3.05) is 18.0 Å². The van der Waals surface area contributed by atoms with Crippen LogP contribution in [-0.2, 0) is 14.8 Å². The highest BCUT2D eigenvalue weighted by atomic mass is 32.2. The largest absolute Gasteiger partial charge is 0.497 e. The number of halogens is 1. The lowest BCUT2D eigenvalue weighted by molar-refractivity contribution is -0.120. The normalized spacial score (nSPS) is 16.8. The number of carbonyl (C=O) groups excluding carboxylic acids is 1. The minimum absolute atomic E-state index is 0.0193. The van der Waals surface area contributed by atoms with E-state index in [9.17, 15) is 17.6 Å². The van der Waals surface area contributed by atoms with Crippen LogP contribution in [-0.4, -0.2) is 33.6 Å². The first-order valence-corrected chi connectivity index (χ1v) is 12.9. The van der Waals surface area contributed by atoms with Crippen LogP contribution in [0.3, 0.4) is 0 Å². The van der Waals surface area contributed by atoms with Gasteiger partial charge in [-0.25, -0.2) is 12.8 Å². The van der Waals surface area contributed by atoms with Crippen molar-refractivity contribution in [3.05, 3.63) is 71.4 Å². The molecule has 0 radical (unpaired) electrons. The molecule has 1 aliphatic heterocycles. The summed E-state index contributed by atoms with van der Waals surface area (Å²) in [5.74, 6) is -0.0911. The third-order valence-corrected chi connectivity index (χ3v) is 8.59. The summed E-state index contributed by atoms with van der Waals surface area (Å²) in [7, 11) is -2.61. The van der Waals surface area contributed by atoms with E-state index in [4.69, 9.17) is 9.47 Å². The Kier molecular flexibility index (Phi) is 6.55. The quantitative estimate of drug-likeness (QED) is 0.512. The van der Waals surface area contributed by atoms with Crippen molar-refractivity contribution in [3.8, 4) is 11.5 Å². The molecule has 1 aromatic heterocycles. The van der Waals surface area contributed by atoms with E-state index in [1.54, 1.807) is 36.8 Å². The second-order valence-corrected chi connectivity index (χ2v) is 11.5. The van der Waals surface area contributed by atoms with E-state index in [1.165, 1.54) is 24.3 Å². The summed E-state index contributed by atoms with van der Waals surface area (Å²) in [6.45, 7) is 3.23. The number of rotatable bonds is 7. The van der Waals surface area contributed by atoms with Crippen LogP contribution in [0.15, 0.2) is 64.2 Å². The number of hydrogen-bond donors (Lipinski definition) is 1. The van der Waals surface area contributed by atoms with Gasteiger partial charge in [-0.15, -0.1) is 11.3 Å². The van der Waals surface area contributed by atoms with Gasteiger partial charge in [-0.2, -0.15) is 0 Å². The van der Waals surface area contributed by atoms with Gasteiger partial charge >= 0.3 is 0 Å². The highest BCUT2D eigenvalue weighted by Crippen LogP contribution is 2.41. The first-order chi connectivity index (χ1) is 16.1. The van der Waals surface area contributed by atoms with Crippen LogP contribution in [0.25, 0.3) is 0 Å². The molecule has 34 heavy (non-hydrogen) atoms. The number of fused-ring (bicyclic) bond motifs is 1. The standard InChI is InChI=1S/C24H25FN2O5S2/c1-24(2)14-19(17-13-16(31-3)10-11-21(17)32-24)26-22(28)15-27(20-8-5-4-7-18(20)25)34(29,30)23-9-6-12-33-23/h4-13,19H,14-15H2,1-3H3,(H,26,28). The maximum absolute atomic E-state index is 14.6. The number of sulfonamides is 1. The van der Waals surface area contributed by atoms with E-state index in [0.29, 0.717) is 17.9 Å². The van der Waals surface area contributed by atoms with Crippen LogP contribution < -0.4 is 19.1 Å². The van der Waals surface area contributed by atoms with Gasteiger partial charge in [0.2, 0.25) is 5.91 Å². The minimum Gasteiger partial charge on any atom is -0.497 e. The van der Waals surface area contributed by atoms with Gasteiger partial charge in [0, 0.05) is 12.0 Å². The Morgan fingerprint density at radius 1 is 1.24 bits per heavy atom. The first kappa shape index (κ1) is 24.0. The third-order valence-electron chi connectivity index (χ3n) is 5.46. The van der Waals surface area contributed by atoms with Crippen molar-refractivity contribution in [1.82, 2.24) is 5.32 Å². The van der Waals surface area contributed by atoms with E-state index in [1.807, 2.05) is 13.8 Å². The maximum Gasteiger partial charge on any atom is 0.274 e. The molecule has 1 atom stereocenters. The number of thiophene rings is 1. The number of benzene rings is 2. The topological polar surface area (TPSA) is 84.9 Å². The lowest BCUT2D eigenvalue weighted by Gasteiger charge is -2.38. The van der Waals surface area contributed by atoms with Crippen molar-refractivity contribution in [2.45, 2.75) is 36.1 Å². The second kappa shape index (κ2) is 9.27. The number of anilines is 1. The summed E-state index contributed by atoms with van der Waals surface area (Å²) >= 11 is 1.00. The van der Waals surface area contributed by atoms with Crippen molar-refractivity contribution in [2.24, 2.45) is 0 Å². The molecule has 10 heteroatoms. The predicted octanol–water partition coefficient (Wildman–Crippen LogP) is 4.51. The van der Waals surface area contributed by atoms with Crippen LogP contribution in [0.5, 0.6) is 11.5 Å². The summed E-state index contributed by atoms with van der Waals surface area (Å²) in [4.78, 5) is 13.2. The van der Waals surface area contributed by atoms with Crippen LogP contribution in [0.1, 0.15) is 31.9 Å². The average molecular weight is 505 g/mol. The summed E-state index contributed by atoms with van der Waals surface area (Å²) in [5, 5.41) is 4.53. The smallest absolute Gasteiger partial charge is 0.274 e. The molecule has 2 aromatic carbocycles. The highest BCUT2D eigenvalue weighted by Gasteiger charge is 2.36. The molecule has 0 fully saturated rings. The summed E-state index contributed by atoms with van der Waals surface area (Å²) in [6, 6.07) is 13.4. The number of para-hydroxylation sites is 1. The number of nitrogens with zero attached hydrogens (tertiary/aromatic N) is 1. The fraction of sp³-hybridized carbons (Fsp3) is 0.292. The van der Waals surface area contributed by atoms with Crippen LogP contribution in [0, 0.1) is 5.82 Å². The molecule has 1 aliphatic rings. The van der Waals surface area contributed by atoms with Crippen molar-refractivity contribution >= 4 is 33.0 Å². The van der Waals surface area contributed by atoms with E-state index < -0.39 is 39.9 Å². The summed E-state index contributed by atoms with van der Waals surface area (Å²) in [5.41, 5.74) is -0.0284. The minimum atomic E-state index is -4.16. The van der Waals surface area contributed by atoms with Crippen molar-refractivity contribution in [3.63, 3.8) is 0 Å². The predicted molar refractivity (Wildman–Crippen MR) is 128 cm³/mol. The molecule has 0 saturated carbocycles. The third kappa shape index (κ3) is 4.88. The van der Waals surface area contributed by atoms with Crippen LogP contribution in [0.4, 0.5) is 10.1 Å². The van der Waals surface area contributed by atoms with E-state index in [0.717, 1.165) is 27.3 Å². The van der Waals surface area contributed by atoms with Crippen molar-refractivity contribution < 1.29 is 27.1 Å². The van der Waals surface area contributed by atoms with Gasteiger partial charge in [-0.3, -0.25) is 9.10 Å². The van der Waals surface area contributed by atoms with E-state index in [-0.39, 0.29) is 9.90 Å². The summed E-state index contributed by atoms with van der Waals surface area (Å²) < 4.78 is 53.4. The van der Waals surface area contributed by atoms with Gasteiger partial charge in [0.1, 0.15) is 33.7 Å². The fourth-order valence-corrected chi connectivity index (χ4v) is 6.46. The Morgan fingerprint density at radius 3 is 2.68 bits per heavy atom. The molecule has 2 heterocycles. The van der Waals surface area contributed by atoms with Crippen LogP contribution in [0.2, 0.25) is 0 Å². The first-order valence-electron chi connectivity index (χ1n) is 10.6. The fourth-order valence-electron chi connectivity index (χ4n) is 3.93. The lowest BCUT2D eigenvalue weighted by atomic mass is 9.89. The molecule has 0 spiro atoms. The molecular formula is C24H25FN2O5S2. The lowest BCUT2D eigenvalue weighted by Crippen LogP contribution is -2.45. The maximum atomic E-state index is 14.6. The Balaban J connectivity index is 1.65. The zero-order valence-corrected chi connectivity index (χ0v) is 20.6. The van der Waals surface area contributed by atoms with Gasteiger partial charge in [-0.05, 0) is 55.6 Å². The number of methoxy groups -OCH3 is 1. The van der Waals surface area contributed by atoms with E-state index in [2.05, 4.69) is 5.32 Å². The zero-order chi connectivity index (χ0) is 24.5. The Hall–Kier alpha value is -3.11. The molecule has 4 rings (SSSR count). The number of ether oxygens (including phenoxy) is 2. The summed E-state index contributed by atoms with van der Waals surface area (Å²) in [6.07, 6.45) is 0.455. The molecule has 1 unspecified atom stereocenters. The highest BCUT2D eigenvalue weighted by molar-refractivity contribution is 7.94. The number of hydrogen-bond acceptors (Lipinski definition) is 6. The monoisotopic (exact) mass is 504 g/mol. The number of amides is 1. The number of carbonyl (C=O) groups is 1. The van der Waals surface area contributed by atoms with Gasteiger partial charge in [0.15, 0.2) is 0 Å². The Morgan fingerprint density at radius 2 is 2.00 bits per heavy atom. The van der Waals surface area contributed by atoms with Gasteiger partial charge < -0.3 is 14.8 Å². The van der Waals surface area contributed by atoms with Crippen molar-refractivity contribution in [1.29, 1.82) is 0 Å². The molecule has 180 valence electrons. The number of nitrogens with one attached hydrogen (secondary N) is 1. The molecule has 0 aliphatic carbocycles. The molecule has 0 bridgehead atoms. The molecule has 1 N–H and O–H groups in total. The van der Waals surface area contributed by atoms with Gasteiger partial charge in [-0.1, -0.05) is 18.2 Å².